The van der Waals surface area contributed by atoms with Crippen LogP contribution in [0, 0.1) is 0 Å². The van der Waals surface area contributed by atoms with Crippen LogP contribution < -0.4 is 5.32 Å². The summed E-state index contributed by atoms with van der Waals surface area (Å²) < 4.78 is 24.1. The number of nitrogens with one attached hydrogen (secondary N) is 1. The van der Waals surface area contributed by atoms with Gasteiger partial charge in [-0.3, -0.25) is 0 Å². The molecule has 1 aliphatic heterocycles. The lowest BCUT2D eigenvalue weighted by Crippen LogP contribution is -2.38. The average Bonchev–Trinajstić information content (AvgIpc) is 2.61. The van der Waals surface area contributed by atoms with Crippen LogP contribution in [0.2, 0.25) is 8.67 Å². The van der Waals surface area contributed by atoms with Gasteiger partial charge < -0.3 is 5.32 Å². The van der Waals surface area contributed by atoms with E-state index >= 15 is 0 Å². The highest BCUT2D eigenvalue weighted by Gasteiger charge is 2.25. The van der Waals surface area contributed by atoms with Crippen molar-refractivity contribution in [3.63, 3.8) is 0 Å². The summed E-state index contributed by atoms with van der Waals surface area (Å²) in [6.07, 6.45) is 1.34. The van der Waals surface area contributed by atoms with E-state index in [2.05, 4.69) is 5.32 Å². The van der Waals surface area contributed by atoms with Crippen LogP contribution in [0.4, 0.5) is 0 Å². The zero-order chi connectivity index (χ0) is 13.3. The summed E-state index contributed by atoms with van der Waals surface area (Å²) in [7, 11) is -2.81. The fraction of sp³-hybridized carbons (Fsp3) is 0.636. The highest BCUT2D eigenvalue weighted by atomic mass is 35.5. The molecule has 1 aromatic rings. The molecule has 1 aromatic heterocycles. The second-order valence-electron chi connectivity index (χ2n) is 4.59. The predicted molar refractivity (Wildman–Crippen MR) is 77.6 cm³/mol. The lowest BCUT2D eigenvalue weighted by molar-refractivity contribution is 0.421. The molecule has 0 aromatic carbocycles. The monoisotopic (exact) mass is 327 g/mol. The van der Waals surface area contributed by atoms with E-state index < -0.39 is 9.84 Å². The Labute approximate surface area is 121 Å². The minimum absolute atomic E-state index is 0.0899. The summed E-state index contributed by atoms with van der Waals surface area (Å²) in [5.74, 6) is 0.547. The van der Waals surface area contributed by atoms with Crippen molar-refractivity contribution in [3.8, 4) is 0 Å². The van der Waals surface area contributed by atoms with Crippen molar-refractivity contribution in [3.05, 3.63) is 20.3 Å². The molecule has 0 amide bonds. The first kappa shape index (κ1) is 14.6. The first-order chi connectivity index (χ1) is 8.37. The minimum Gasteiger partial charge on any atom is -0.307 e. The molecule has 1 aliphatic rings. The van der Waals surface area contributed by atoms with Crippen molar-refractivity contribution in [1.82, 2.24) is 5.32 Å². The number of sulfone groups is 1. The smallest absolute Gasteiger partial charge is 0.150 e. The van der Waals surface area contributed by atoms with Gasteiger partial charge in [-0.15, -0.1) is 11.3 Å². The molecular formula is C11H15Cl2NO2S2. The Balaban J connectivity index is 1.96. The maximum absolute atomic E-state index is 11.3. The van der Waals surface area contributed by atoms with Gasteiger partial charge in [0.15, 0.2) is 0 Å². The van der Waals surface area contributed by atoms with Crippen LogP contribution in [-0.4, -0.2) is 26.0 Å². The van der Waals surface area contributed by atoms with Crippen LogP contribution in [0.3, 0.4) is 0 Å². The van der Waals surface area contributed by atoms with E-state index in [1.165, 1.54) is 11.3 Å². The summed E-state index contributed by atoms with van der Waals surface area (Å²) in [5, 5.41) is 3.43. The zero-order valence-electron chi connectivity index (χ0n) is 9.95. The molecule has 1 saturated heterocycles. The maximum atomic E-state index is 11.3. The van der Waals surface area contributed by atoms with Gasteiger partial charge in [-0.1, -0.05) is 23.2 Å². The molecule has 102 valence electrons. The molecule has 7 heteroatoms. The molecule has 0 bridgehead atoms. The number of rotatable bonds is 3. The Bertz CT molecular complexity index is 513. The predicted octanol–water partition coefficient (Wildman–Crippen LogP) is 3.28. The lowest BCUT2D eigenvalue weighted by atomic mass is 10.1. The largest absolute Gasteiger partial charge is 0.307 e. The number of thiophene rings is 1. The molecular weight excluding hydrogens is 313 g/mol. The molecule has 18 heavy (non-hydrogen) atoms. The summed E-state index contributed by atoms with van der Waals surface area (Å²) in [5.41, 5.74) is 0.986. The lowest BCUT2D eigenvalue weighted by Gasteiger charge is -2.26. The van der Waals surface area contributed by atoms with Crippen molar-refractivity contribution in [2.75, 3.05) is 11.5 Å². The molecule has 3 nitrogen and oxygen atoms in total. The molecule has 1 N–H and O–H groups in total. The van der Waals surface area contributed by atoms with Crippen molar-refractivity contribution >= 4 is 44.4 Å². The molecule has 0 saturated carbocycles. The summed E-state index contributed by atoms with van der Waals surface area (Å²) in [4.78, 5) is 0. The molecule has 0 radical (unpaired) electrons. The van der Waals surface area contributed by atoms with E-state index in [1.807, 2.05) is 13.0 Å². The van der Waals surface area contributed by atoms with Gasteiger partial charge in [0.25, 0.3) is 0 Å². The van der Waals surface area contributed by atoms with Crippen LogP contribution in [0.5, 0.6) is 0 Å². The van der Waals surface area contributed by atoms with Crippen molar-refractivity contribution in [2.45, 2.75) is 31.8 Å². The third kappa shape index (κ3) is 3.61. The van der Waals surface area contributed by atoms with Crippen LogP contribution in [0.1, 0.15) is 31.4 Å². The topological polar surface area (TPSA) is 46.2 Å². The van der Waals surface area contributed by atoms with Gasteiger partial charge in [0.1, 0.15) is 9.84 Å². The Hall–Kier alpha value is 0.190. The van der Waals surface area contributed by atoms with E-state index in [9.17, 15) is 8.42 Å². The van der Waals surface area contributed by atoms with E-state index in [0.717, 1.165) is 5.56 Å². The zero-order valence-corrected chi connectivity index (χ0v) is 13.1. The SMILES string of the molecule is CC(NC1CCS(=O)(=O)CC1)c1cc(Cl)sc1Cl. The van der Waals surface area contributed by atoms with Gasteiger partial charge in [-0.05, 0) is 31.4 Å². The summed E-state index contributed by atoms with van der Waals surface area (Å²) >= 11 is 13.4. The Morgan fingerprint density at radius 1 is 1.39 bits per heavy atom. The number of halogens is 2. The van der Waals surface area contributed by atoms with Gasteiger partial charge >= 0.3 is 0 Å². The van der Waals surface area contributed by atoms with Crippen molar-refractivity contribution < 1.29 is 8.42 Å². The molecule has 1 unspecified atom stereocenters. The summed E-state index contributed by atoms with van der Waals surface area (Å²) in [6.45, 7) is 2.02. The number of hydrogen-bond acceptors (Lipinski definition) is 4. The van der Waals surface area contributed by atoms with Crippen LogP contribution in [0.25, 0.3) is 0 Å². The van der Waals surface area contributed by atoms with E-state index in [4.69, 9.17) is 23.2 Å². The Morgan fingerprint density at radius 3 is 2.50 bits per heavy atom. The van der Waals surface area contributed by atoms with Crippen LogP contribution in [0.15, 0.2) is 6.07 Å². The van der Waals surface area contributed by atoms with Gasteiger partial charge in [0, 0.05) is 12.1 Å². The third-order valence-corrected chi connectivity index (χ3v) is 6.42. The standard InChI is InChI=1S/C11H15Cl2NO2S2/c1-7(9-6-10(12)17-11(9)13)14-8-2-4-18(15,16)5-3-8/h6-8,14H,2-5H2,1H3. The van der Waals surface area contributed by atoms with E-state index in [0.29, 0.717) is 21.5 Å². The van der Waals surface area contributed by atoms with Crippen LogP contribution >= 0.6 is 34.5 Å². The van der Waals surface area contributed by atoms with Gasteiger partial charge in [0.05, 0.1) is 20.2 Å². The second-order valence-corrected chi connectivity index (χ2v) is 9.18. The maximum Gasteiger partial charge on any atom is 0.150 e. The third-order valence-electron chi connectivity index (χ3n) is 3.19. The molecule has 2 heterocycles. The van der Waals surface area contributed by atoms with Crippen molar-refractivity contribution in [1.29, 1.82) is 0 Å². The quantitative estimate of drug-likeness (QED) is 0.926. The molecule has 0 spiro atoms. The minimum atomic E-state index is -2.81. The number of hydrogen-bond donors (Lipinski definition) is 1. The van der Waals surface area contributed by atoms with Gasteiger partial charge in [-0.2, -0.15) is 0 Å². The molecule has 0 aliphatic carbocycles. The molecule has 2 rings (SSSR count). The molecule has 1 atom stereocenters. The van der Waals surface area contributed by atoms with E-state index in [-0.39, 0.29) is 23.6 Å². The highest BCUT2D eigenvalue weighted by molar-refractivity contribution is 7.91. The second kappa shape index (κ2) is 5.67. The fourth-order valence-electron chi connectivity index (χ4n) is 2.15. The van der Waals surface area contributed by atoms with Gasteiger partial charge in [-0.25, -0.2) is 8.42 Å². The van der Waals surface area contributed by atoms with Gasteiger partial charge in [0.2, 0.25) is 0 Å². The highest BCUT2D eigenvalue weighted by Crippen LogP contribution is 2.35. The Morgan fingerprint density at radius 2 is 2.00 bits per heavy atom. The Kier molecular flexibility index (Phi) is 4.60. The first-order valence-electron chi connectivity index (χ1n) is 5.78. The molecule has 1 fully saturated rings. The fourth-order valence-corrected chi connectivity index (χ4v) is 5.29. The first-order valence-corrected chi connectivity index (χ1v) is 9.18. The average molecular weight is 328 g/mol. The van der Waals surface area contributed by atoms with E-state index in [1.54, 1.807) is 0 Å². The summed E-state index contributed by atoms with van der Waals surface area (Å²) in [6, 6.07) is 2.19. The van der Waals surface area contributed by atoms with Crippen LogP contribution in [-0.2, 0) is 9.84 Å². The van der Waals surface area contributed by atoms with Crippen molar-refractivity contribution in [2.24, 2.45) is 0 Å². The normalized spacial score (nSPS) is 21.9.